The third-order valence-electron chi connectivity index (χ3n) is 4.15. The molecular formula is C21H24N4O3S. The van der Waals surface area contributed by atoms with E-state index in [-0.39, 0.29) is 11.7 Å². The first kappa shape index (κ1) is 20.7. The lowest BCUT2D eigenvalue weighted by molar-refractivity contribution is -0.113. The number of nitrogens with zero attached hydrogens (tertiary/aromatic N) is 3. The number of anilines is 1. The van der Waals surface area contributed by atoms with Crippen LogP contribution in [0.2, 0.25) is 0 Å². The molecule has 0 aliphatic heterocycles. The van der Waals surface area contributed by atoms with Gasteiger partial charge >= 0.3 is 0 Å². The van der Waals surface area contributed by atoms with Crippen LogP contribution >= 0.6 is 11.8 Å². The van der Waals surface area contributed by atoms with Crippen molar-refractivity contribution in [1.29, 1.82) is 0 Å². The van der Waals surface area contributed by atoms with E-state index >= 15 is 0 Å². The Balaban J connectivity index is 1.71. The summed E-state index contributed by atoms with van der Waals surface area (Å²) in [6, 6.07) is 15.0. The highest BCUT2D eigenvalue weighted by molar-refractivity contribution is 7.99. The van der Waals surface area contributed by atoms with Crippen LogP contribution in [0, 0.1) is 0 Å². The molecule has 0 unspecified atom stereocenters. The molecule has 3 aromatic rings. The molecule has 0 fully saturated rings. The number of amides is 1. The molecule has 0 atom stereocenters. The summed E-state index contributed by atoms with van der Waals surface area (Å²) in [5.41, 5.74) is 1.58. The maximum atomic E-state index is 12.4. The Labute approximate surface area is 174 Å². The van der Waals surface area contributed by atoms with E-state index in [2.05, 4.69) is 15.5 Å². The van der Waals surface area contributed by atoms with Crippen LogP contribution in [0.25, 0.3) is 11.4 Å². The van der Waals surface area contributed by atoms with Crippen LogP contribution in [0.1, 0.15) is 13.8 Å². The van der Waals surface area contributed by atoms with E-state index < -0.39 is 0 Å². The zero-order valence-corrected chi connectivity index (χ0v) is 17.5. The van der Waals surface area contributed by atoms with Crippen LogP contribution in [0.4, 0.5) is 5.69 Å². The Hall–Kier alpha value is -3.00. The number of para-hydroxylation sites is 1. The zero-order chi connectivity index (χ0) is 20.6. The number of aromatic nitrogens is 3. The Bertz CT molecular complexity index is 974. The molecule has 0 spiro atoms. The number of hydrogen-bond donors (Lipinski definition) is 1. The van der Waals surface area contributed by atoms with Crippen LogP contribution in [0.5, 0.6) is 11.5 Å². The van der Waals surface area contributed by atoms with Crippen LogP contribution in [0.3, 0.4) is 0 Å². The van der Waals surface area contributed by atoms with E-state index in [9.17, 15) is 4.79 Å². The molecule has 0 saturated heterocycles. The number of benzene rings is 2. The van der Waals surface area contributed by atoms with E-state index in [1.54, 1.807) is 13.2 Å². The molecule has 0 radical (unpaired) electrons. The molecule has 29 heavy (non-hydrogen) atoms. The Morgan fingerprint density at radius 2 is 1.97 bits per heavy atom. The van der Waals surface area contributed by atoms with Crippen molar-refractivity contribution >= 4 is 23.4 Å². The summed E-state index contributed by atoms with van der Waals surface area (Å²) in [5.74, 6) is 2.29. The largest absolute Gasteiger partial charge is 0.497 e. The predicted octanol–water partition coefficient (Wildman–Crippen LogP) is 4.10. The van der Waals surface area contributed by atoms with E-state index in [0.717, 1.165) is 17.1 Å². The van der Waals surface area contributed by atoms with E-state index in [4.69, 9.17) is 9.47 Å². The molecule has 152 valence electrons. The average molecular weight is 413 g/mol. The number of thioether (sulfide) groups is 1. The van der Waals surface area contributed by atoms with E-state index in [0.29, 0.717) is 29.7 Å². The molecule has 0 saturated carbocycles. The first-order valence-electron chi connectivity index (χ1n) is 9.38. The average Bonchev–Trinajstić information content (AvgIpc) is 3.15. The fourth-order valence-corrected chi connectivity index (χ4v) is 3.64. The topological polar surface area (TPSA) is 78.3 Å². The summed E-state index contributed by atoms with van der Waals surface area (Å²) in [6.45, 7) is 5.23. The number of carbonyl (C=O) groups excluding carboxylic acids is 1. The van der Waals surface area contributed by atoms with Gasteiger partial charge in [-0.25, -0.2) is 0 Å². The van der Waals surface area contributed by atoms with Crippen molar-refractivity contribution in [2.45, 2.75) is 25.5 Å². The minimum absolute atomic E-state index is 0.120. The summed E-state index contributed by atoms with van der Waals surface area (Å²) in [4.78, 5) is 12.4. The lowest BCUT2D eigenvalue weighted by Gasteiger charge is -2.11. The highest BCUT2D eigenvalue weighted by Gasteiger charge is 2.17. The van der Waals surface area contributed by atoms with Gasteiger partial charge < -0.3 is 19.4 Å². The van der Waals surface area contributed by atoms with Crippen LogP contribution in [-0.2, 0) is 11.3 Å². The van der Waals surface area contributed by atoms with Gasteiger partial charge in [0.05, 0.1) is 25.0 Å². The molecule has 1 amide bonds. The normalized spacial score (nSPS) is 10.6. The van der Waals surface area contributed by atoms with Crippen molar-refractivity contribution < 1.29 is 14.3 Å². The van der Waals surface area contributed by atoms with Crippen LogP contribution in [-0.4, -0.2) is 40.1 Å². The minimum Gasteiger partial charge on any atom is -0.497 e. The highest BCUT2D eigenvalue weighted by Crippen LogP contribution is 2.31. The maximum absolute atomic E-state index is 12.4. The van der Waals surface area contributed by atoms with Gasteiger partial charge in [0.25, 0.3) is 0 Å². The van der Waals surface area contributed by atoms with E-state index in [1.165, 1.54) is 11.8 Å². The smallest absolute Gasteiger partial charge is 0.234 e. The van der Waals surface area contributed by atoms with Gasteiger partial charge in [-0.3, -0.25) is 4.79 Å². The van der Waals surface area contributed by atoms with Crippen molar-refractivity contribution in [3.63, 3.8) is 0 Å². The fraction of sp³-hybridized carbons (Fsp3) is 0.286. The molecule has 7 nitrogen and oxygen atoms in total. The first-order valence-corrected chi connectivity index (χ1v) is 10.4. The zero-order valence-electron chi connectivity index (χ0n) is 16.7. The molecule has 0 aliphatic carbocycles. The molecule has 0 aliphatic rings. The SMILES string of the molecule is CCOc1ccccc1-c1nnc(SCC(=O)Nc2cccc(OC)c2)n1CC. The van der Waals surface area contributed by atoms with Gasteiger partial charge in [-0.05, 0) is 38.1 Å². The summed E-state index contributed by atoms with van der Waals surface area (Å²) < 4.78 is 12.9. The Morgan fingerprint density at radius 3 is 2.72 bits per heavy atom. The minimum atomic E-state index is -0.120. The van der Waals surface area contributed by atoms with Gasteiger partial charge in [0.15, 0.2) is 11.0 Å². The van der Waals surface area contributed by atoms with Gasteiger partial charge in [0.2, 0.25) is 5.91 Å². The number of rotatable bonds is 9. The second-order valence-electron chi connectivity index (χ2n) is 6.05. The lowest BCUT2D eigenvalue weighted by atomic mass is 10.2. The third kappa shape index (κ3) is 5.08. The van der Waals surface area contributed by atoms with Gasteiger partial charge in [0.1, 0.15) is 11.5 Å². The molecule has 1 aromatic heterocycles. The van der Waals surface area contributed by atoms with Crippen molar-refractivity contribution in [3.05, 3.63) is 48.5 Å². The number of carbonyl (C=O) groups is 1. The van der Waals surface area contributed by atoms with Crippen molar-refractivity contribution in [3.8, 4) is 22.9 Å². The molecule has 8 heteroatoms. The summed E-state index contributed by atoms with van der Waals surface area (Å²) in [6.07, 6.45) is 0. The first-order chi connectivity index (χ1) is 14.2. The number of ether oxygens (including phenoxy) is 2. The molecule has 2 aromatic carbocycles. The van der Waals surface area contributed by atoms with Crippen LogP contribution < -0.4 is 14.8 Å². The molecular weight excluding hydrogens is 388 g/mol. The Morgan fingerprint density at radius 1 is 1.14 bits per heavy atom. The predicted molar refractivity (Wildman–Crippen MR) is 115 cm³/mol. The molecule has 3 rings (SSSR count). The molecule has 1 heterocycles. The van der Waals surface area contributed by atoms with Gasteiger partial charge in [-0.2, -0.15) is 0 Å². The Kier molecular flexibility index (Phi) is 7.13. The van der Waals surface area contributed by atoms with Crippen molar-refractivity contribution in [1.82, 2.24) is 14.8 Å². The second kappa shape index (κ2) is 9.97. The highest BCUT2D eigenvalue weighted by atomic mass is 32.2. The van der Waals surface area contributed by atoms with Gasteiger partial charge in [0, 0.05) is 18.3 Å². The summed E-state index contributed by atoms with van der Waals surface area (Å²) >= 11 is 1.35. The quantitative estimate of drug-likeness (QED) is 0.533. The third-order valence-corrected chi connectivity index (χ3v) is 5.11. The summed E-state index contributed by atoms with van der Waals surface area (Å²) in [5, 5.41) is 12.2. The van der Waals surface area contributed by atoms with Crippen LogP contribution in [0.15, 0.2) is 53.7 Å². The van der Waals surface area contributed by atoms with Gasteiger partial charge in [-0.15, -0.1) is 10.2 Å². The fourth-order valence-electron chi connectivity index (χ4n) is 2.84. The number of methoxy groups -OCH3 is 1. The standard InChI is InChI=1S/C21H24N4O3S/c1-4-25-20(17-11-6-7-12-18(17)28-5-2)23-24-21(25)29-14-19(26)22-15-9-8-10-16(13-15)27-3/h6-13H,4-5,14H2,1-3H3,(H,22,26). The molecule has 0 bridgehead atoms. The van der Waals surface area contributed by atoms with Crippen molar-refractivity contribution in [2.24, 2.45) is 0 Å². The van der Waals surface area contributed by atoms with E-state index in [1.807, 2.05) is 60.9 Å². The van der Waals surface area contributed by atoms with Crippen molar-refractivity contribution in [2.75, 3.05) is 24.8 Å². The number of nitrogens with one attached hydrogen (secondary N) is 1. The van der Waals surface area contributed by atoms with Gasteiger partial charge in [-0.1, -0.05) is 30.0 Å². The molecule has 1 N–H and O–H groups in total. The monoisotopic (exact) mass is 412 g/mol. The lowest BCUT2D eigenvalue weighted by Crippen LogP contribution is -2.14. The maximum Gasteiger partial charge on any atom is 0.234 e. The summed E-state index contributed by atoms with van der Waals surface area (Å²) in [7, 11) is 1.59. The second-order valence-corrected chi connectivity index (χ2v) is 6.99. The number of hydrogen-bond acceptors (Lipinski definition) is 6.